The summed E-state index contributed by atoms with van der Waals surface area (Å²) < 4.78 is 10.6. The van der Waals surface area contributed by atoms with Gasteiger partial charge in [0.15, 0.2) is 12.4 Å². The number of nitrogens with one attached hydrogen (secondary N) is 1. The Kier molecular flexibility index (Phi) is 6.03. The Labute approximate surface area is 166 Å². The lowest BCUT2D eigenvalue weighted by molar-refractivity contribution is -0.385. The molecular weight excluding hydrogens is 374 g/mol. The number of hydrazone groups is 1. The van der Waals surface area contributed by atoms with Crippen LogP contribution in [0.5, 0.6) is 11.5 Å². The summed E-state index contributed by atoms with van der Waals surface area (Å²) in [6.07, 6.45) is 1.49. The predicted octanol–water partition coefficient (Wildman–Crippen LogP) is 3.59. The van der Waals surface area contributed by atoms with Crippen LogP contribution in [-0.2, 0) is 4.79 Å². The molecule has 0 aliphatic rings. The molecule has 0 aliphatic carbocycles. The maximum Gasteiger partial charge on any atom is 0.311 e. The second-order valence-electron chi connectivity index (χ2n) is 6.21. The standard InChI is InChI=1S/C21H19N3O5/c1-14-7-9-20(18(11-14)24(26)27)29-13-21(25)23-22-12-17-16-6-4-3-5-15(16)8-10-19(17)28-2/h3-12H,13H2,1-2H3,(H,23,25)/b22-12+. The van der Waals surface area contributed by atoms with Crippen molar-refractivity contribution in [3.63, 3.8) is 0 Å². The van der Waals surface area contributed by atoms with Crippen molar-refractivity contribution in [3.05, 3.63) is 75.8 Å². The molecule has 8 nitrogen and oxygen atoms in total. The van der Waals surface area contributed by atoms with Crippen LogP contribution in [0.3, 0.4) is 0 Å². The molecule has 1 amide bonds. The van der Waals surface area contributed by atoms with Gasteiger partial charge in [-0.1, -0.05) is 36.4 Å². The molecule has 0 radical (unpaired) electrons. The van der Waals surface area contributed by atoms with E-state index in [1.165, 1.54) is 18.3 Å². The van der Waals surface area contributed by atoms with Gasteiger partial charge >= 0.3 is 5.69 Å². The van der Waals surface area contributed by atoms with E-state index in [4.69, 9.17) is 9.47 Å². The van der Waals surface area contributed by atoms with E-state index < -0.39 is 17.4 Å². The molecule has 8 heteroatoms. The van der Waals surface area contributed by atoms with Crippen molar-refractivity contribution < 1.29 is 19.2 Å². The first-order valence-corrected chi connectivity index (χ1v) is 8.75. The maximum absolute atomic E-state index is 12.0. The summed E-state index contributed by atoms with van der Waals surface area (Å²) in [6.45, 7) is 1.33. The minimum Gasteiger partial charge on any atom is -0.496 e. The summed E-state index contributed by atoms with van der Waals surface area (Å²) in [4.78, 5) is 22.6. The topological polar surface area (TPSA) is 103 Å². The fourth-order valence-electron chi connectivity index (χ4n) is 2.82. The van der Waals surface area contributed by atoms with Crippen LogP contribution < -0.4 is 14.9 Å². The van der Waals surface area contributed by atoms with Gasteiger partial charge in [0.05, 0.1) is 18.2 Å². The number of carbonyl (C=O) groups is 1. The first-order chi connectivity index (χ1) is 14.0. The Morgan fingerprint density at radius 2 is 1.93 bits per heavy atom. The van der Waals surface area contributed by atoms with Crippen LogP contribution in [-0.4, -0.2) is 30.8 Å². The van der Waals surface area contributed by atoms with Crippen molar-refractivity contribution in [2.24, 2.45) is 5.10 Å². The second kappa shape index (κ2) is 8.83. The number of nitrogens with zero attached hydrogens (tertiary/aromatic N) is 2. The van der Waals surface area contributed by atoms with E-state index in [-0.39, 0.29) is 11.4 Å². The lowest BCUT2D eigenvalue weighted by Gasteiger charge is -2.08. The zero-order valence-corrected chi connectivity index (χ0v) is 15.9. The van der Waals surface area contributed by atoms with Crippen molar-refractivity contribution in [1.82, 2.24) is 5.43 Å². The van der Waals surface area contributed by atoms with E-state index >= 15 is 0 Å². The molecule has 0 spiro atoms. The van der Waals surface area contributed by atoms with E-state index in [1.54, 1.807) is 20.1 Å². The van der Waals surface area contributed by atoms with Gasteiger partial charge in [-0.25, -0.2) is 5.43 Å². The summed E-state index contributed by atoms with van der Waals surface area (Å²) >= 11 is 0. The van der Waals surface area contributed by atoms with Crippen LogP contribution in [0.15, 0.2) is 59.7 Å². The number of hydrogen-bond donors (Lipinski definition) is 1. The van der Waals surface area contributed by atoms with Crippen molar-refractivity contribution in [1.29, 1.82) is 0 Å². The Morgan fingerprint density at radius 1 is 1.17 bits per heavy atom. The van der Waals surface area contributed by atoms with Crippen LogP contribution in [0, 0.1) is 17.0 Å². The number of carbonyl (C=O) groups excluding carboxylic acids is 1. The van der Waals surface area contributed by atoms with Crippen molar-refractivity contribution in [3.8, 4) is 11.5 Å². The molecule has 0 aromatic heterocycles. The highest BCUT2D eigenvalue weighted by atomic mass is 16.6. The summed E-state index contributed by atoms with van der Waals surface area (Å²) in [5.74, 6) is 0.0963. The first-order valence-electron chi connectivity index (χ1n) is 8.75. The number of nitro groups is 1. The molecule has 0 saturated heterocycles. The van der Waals surface area contributed by atoms with E-state index in [0.29, 0.717) is 5.75 Å². The summed E-state index contributed by atoms with van der Waals surface area (Å²) in [6, 6.07) is 16.0. The van der Waals surface area contributed by atoms with Crippen molar-refractivity contribution in [2.75, 3.05) is 13.7 Å². The zero-order valence-electron chi connectivity index (χ0n) is 15.9. The number of benzene rings is 3. The van der Waals surface area contributed by atoms with Gasteiger partial charge in [-0.15, -0.1) is 0 Å². The maximum atomic E-state index is 12.0. The Balaban J connectivity index is 1.68. The number of fused-ring (bicyclic) bond motifs is 1. The third-order valence-electron chi connectivity index (χ3n) is 4.20. The zero-order chi connectivity index (χ0) is 20.8. The van der Waals surface area contributed by atoms with Gasteiger partial charge in [0.1, 0.15) is 5.75 Å². The molecule has 148 valence electrons. The van der Waals surface area contributed by atoms with Gasteiger partial charge in [-0.2, -0.15) is 5.10 Å². The molecule has 3 rings (SSSR count). The van der Waals surface area contributed by atoms with Crippen LogP contribution in [0.2, 0.25) is 0 Å². The molecule has 3 aromatic carbocycles. The van der Waals surface area contributed by atoms with Gasteiger partial charge in [-0.05, 0) is 35.4 Å². The lowest BCUT2D eigenvalue weighted by Crippen LogP contribution is -2.24. The number of ether oxygens (including phenoxy) is 2. The van der Waals surface area contributed by atoms with Crippen LogP contribution >= 0.6 is 0 Å². The molecule has 0 heterocycles. The third kappa shape index (κ3) is 4.67. The Morgan fingerprint density at radius 3 is 2.69 bits per heavy atom. The fourth-order valence-corrected chi connectivity index (χ4v) is 2.82. The minimum absolute atomic E-state index is 0.0236. The summed E-state index contributed by atoms with van der Waals surface area (Å²) in [7, 11) is 1.56. The number of aryl methyl sites for hydroxylation is 1. The highest BCUT2D eigenvalue weighted by Gasteiger charge is 2.16. The SMILES string of the molecule is COc1ccc2ccccc2c1/C=N/NC(=O)COc1ccc(C)cc1[N+](=O)[O-]. The van der Waals surface area contributed by atoms with Crippen LogP contribution in [0.1, 0.15) is 11.1 Å². The van der Waals surface area contributed by atoms with E-state index in [2.05, 4.69) is 10.5 Å². The molecule has 3 aromatic rings. The molecule has 1 N–H and O–H groups in total. The average molecular weight is 393 g/mol. The highest BCUT2D eigenvalue weighted by molar-refractivity contribution is 6.02. The molecule has 0 atom stereocenters. The lowest BCUT2D eigenvalue weighted by atomic mass is 10.0. The quantitative estimate of drug-likeness (QED) is 0.375. The molecule has 0 aliphatic heterocycles. The van der Waals surface area contributed by atoms with Crippen molar-refractivity contribution in [2.45, 2.75) is 6.92 Å². The van der Waals surface area contributed by atoms with Crippen molar-refractivity contribution >= 4 is 28.6 Å². The van der Waals surface area contributed by atoms with Gasteiger partial charge in [0, 0.05) is 11.6 Å². The van der Waals surface area contributed by atoms with E-state index in [1.807, 2.05) is 36.4 Å². The summed E-state index contributed by atoms with van der Waals surface area (Å²) in [5.41, 5.74) is 3.61. The highest BCUT2D eigenvalue weighted by Crippen LogP contribution is 2.28. The molecule has 0 bridgehead atoms. The largest absolute Gasteiger partial charge is 0.496 e. The average Bonchev–Trinajstić information content (AvgIpc) is 2.72. The van der Waals surface area contributed by atoms with E-state index in [0.717, 1.165) is 21.9 Å². The van der Waals surface area contributed by atoms with Crippen LogP contribution in [0.4, 0.5) is 5.69 Å². The number of hydrogen-bond acceptors (Lipinski definition) is 6. The number of methoxy groups -OCH3 is 1. The van der Waals surface area contributed by atoms with Gasteiger partial charge < -0.3 is 9.47 Å². The molecule has 0 saturated carbocycles. The molecular formula is C21H19N3O5. The van der Waals surface area contributed by atoms with Gasteiger partial charge in [-0.3, -0.25) is 14.9 Å². The second-order valence-corrected chi connectivity index (χ2v) is 6.21. The molecule has 0 fully saturated rings. The Bertz CT molecular complexity index is 1090. The predicted molar refractivity (Wildman–Crippen MR) is 110 cm³/mol. The minimum atomic E-state index is -0.550. The van der Waals surface area contributed by atoms with Gasteiger partial charge in [0.25, 0.3) is 5.91 Å². The fraction of sp³-hybridized carbons (Fsp3) is 0.143. The number of rotatable bonds is 7. The van der Waals surface area contributed by atoms with Crippen LogP contribution in [0.25, 0.3) is 10.8 Å². The molecule has 0 unspecified atom stereocenters. The normalized spacial score (nSPS) is 10.8. The Hall–Kier alpha value is -3.94. The number of nitro benzene ring substituents is 1. The number of amides is 1. The smallest absolute Gasteiger partial charge is 0.311 e. The first kappa shape index (κ1) is 19.8. The molecule has 29 heavy (non-hydrogen) atoms. The van der Waals surface area contributed by atoms with Gasteiger partial charge in [0.2, 0.25) is 0 Å². The third-order valence-corrected chi connectivity index (χ3v) is 4.20. The monoisotopic (exact) mass is 393 g/mol. The summed E-state index contributed by atoms with van der Waals surface area (Å²) in [5, 5.41) is 17.0. The van der Waals surface area contributed by atoms with E-state index in [9.17, 15) is 14.9 Å².